The van der Waals surface area contributed by atoms with E-state index in [4.69, 9.17) is 10.5 Å². The summed E-state index contributed by atoms with van der Waals surface area (Å²) < 4.78 is 5.32. The van der Waals surface area contributed by atoms with Crippen molar-refractivity contribution in [3.8, 4) is 0 Å². The van der Waals surface area contributed by atoms with E-state index in [1.165, 1.54) is 0 Å². The van der Waals surface area contributed by atoms with E-state index in [0.29, 0.717) is 18.9 Å². The van der Waals surface area contributed by atoms with Crippen LogP contribution in [0.5, 0.6) is 0 Å². The number of primary amides is 1. The van der Waals surface area contributed by atoms with Crippen LogP contribution in [0.4, 0.5) is 16.3 Å². The summed E-state index contributed by atoms with van der Waals surface area (Å²) in [6, 6.07) is 2.27. The highest BCUT2D eigenvalue weighted by Crippen LogP contribution is 2.16. The highest BCUT2D eigenvalue weighted by molar-refractivity contribution is 5.97. The first-order chi connectivity index (χ1) is 11.5. The van der Waals surface area contributed by atoms with Crippen LogP contribution in [0.2, 0.25) is 0 Å². The Kier molecular flexibility index (Phi) is 6.36. The molecule has 0 bridgehead atoms. The number of nitrogens with two attached hydrogens (primary N) is 1. The molecule has 2 heterocycles. The molecule has 8 nitrogen and oxygen atoms in total. The lowest BCUT2D eigenvalue weighted by Gasteiger charge is -2.28. The first kappa shape index (κ1) is 18.0. The van der Waals surface area contributed by atoms with Crippen LogP contribution in [0.25, 0.3) is 0 Å². The van der Waals surface area contributed by atoms with E-state index in [2.05, 4.69) is 20.5 Å². The van der Waals surface area contributed by atoms with Crippen LogP contribution in [0, 0.1) is 5.92 Å². The molecule has 0 saturated carbocycles. The van der Waals surface area contributed by atoms with Gasteiger partial charge in [-0.3, -0.25) is 4.79 Å². The largest absolute Gasteiger partial charge is 0.378 e. The number of nitrogens with one attached hydrogen (secondary N) is 2. The van der Waals surface area contributed by atoms with Crippen LogP contribution in [0.1, 0.15) is 20.3 Å². The first-order valence-electron chi connectivity index (χ1n) is 8.16. The van der Waals surface area contributed by atoms with Crippen LogP contribution < -0.4 is 21.3 Å². The van der Waals surface area contributed by atoms with E-state index in [1.807, 2.05) is 19.9 Å². The molecule has 1 aromatic heterocycles. The van der Waals surface area contributed by atoms with Gasteiger partial charge in [-0.2, -0.15) is 0 Å². The Bertz CT molecular complexity index is 557. The van der Waals surface area contributed by atoms with Crippen LogP contribution in [0.15, 0.2) is 18.3 Å². The van der Waals surface area contributed by atoms with Gasteiger partial charge in [-0.15, -0.1) is 0 Å². The maximum absolute atomic E-state index is 12.4. The smallest absolute Gasteiger partial charge is 0.312 e. The van der Waals surface area contributed by atoms with Crippen molar-refractivity contribution in [2.24, 2.45) is 11.7 Å². The lowest BCUT2D eigenvalue weighted by Crippen LogP contribution is -2.49. The third-order valence-corrected chi connectivity index (χ3v) is 4.14. The molecule has 24 heavy (non-hydrogen) atoms. The van der Waals surface area contributed by atoms with Gasteiger partial charge in [-0.25, -0.2) is 9.78 Å². The van der Waals surface area contributed by atoms with Crippen molar-refractivity contribution in [2.75, 3.05) is 36.5 Å². The Balaban J connectivity index is 2.00. The fraction of sp³-hybridized carbons (Fsp3) is 0.562. The van der Waals surface area contributed by atoms with Crippen LogP contribution >= 0.6 is 0 Å². The molecule has 1 aliphatic heterocycles. The molecule has 0 radical (unpaired) electrons. The maximum atomic E-state index is 12.4. The molecule has 4 N–H and O–H groups in total. The summed E-state index contributed by atoms with van der Waals surface area (Å²) in [5.41, 5.74) is 5.74. The number of carbonyl (C=O) groups is 2. The zero-order chi connectivity index (χ0) is 17.5. The number of ether oxygens (including phenoxy) is 1. The normalized spacial score (nSPS) is 17.0. The number of carbonyl (C=O) groups excluding carboxylic acids is 2. The topological polar surface area (TPSA) is 110 Å². The summed E-state index contributed by atoms with van der Waals surface area (Å²) in [6.07, 6.45) is 2.35. The Morgan fingerprint density at radius 3 is 2.62 bits per heavy atom. The van der Waals surface area contributed by atoms with Crippen molar-refractivity contribution in [3.63, 3.8) is 0 Å². The molecule has 0 unspecified atom stereocenters. The number of rotatable bonds is 6. The fourth-order valence-electron chi connectivity index (χ4n) is 2.51. The number of morpholine rings is 1. The zero-order valence-corrected chi connectivity index (χ0v) is 14.1. The quantitative estimate of drug-likeness (QED) is 0.717. The number of pyridine rings is 1. The first-order valence-corrected chi connectivity index (χ1v) is 8.16. The van der Waals surface area contributed by atoms with Gasteiger partial charge < -0.3 is 26.0 Å². The lowest BCUT2D eigenvalue weighted by atomic mass is 9.98. The van der Waals surface area contributed by atoms with Gasteiger partial charge in [0.1, 0.15) is 11.9 Å². The SMILES string of the molecule is CC[C@H](C)[C@@H](NC(N)=O)C(=O)Nc1ccc(N2CCOCC2)nc1. The van der Waals surface area contributed by atoms with Crippen molar-refractivity contribution in [3.05, 3.63) is 18.3 Å². The number of hydrogen-bond donors (Lipinski definition) is 3. The summed E-state index contributed by atoms with van der Waals surface area (Å²) >= 11 is 0. The molecule has 2 rings (SSSR count). The number of aromatic nitrogens is 1. The number of urea groups is 1. The van der Waals surface area contributed by atoms with Gasteiger partial charge in [0.25, 0.3) is 0 Å². The summed E-state index contributed by atoms with van der Waals surface area (Å²) in [4.78, 5) is 30.0. The van der Waals surface area contributed by atoms with Crippen molar-refractivity contribution in [2.45, 2.75) is 26.3 Å². The molecule has 0 spiro atoms. The second-order valence-corrected chi connectivity index (χ2v) is 5.87. The van der Waals surface area contributed by atoms with Gasteiger partial charge in [-0.05, 0) is 18.1 Å². The molecule has 1 aromatic rings. The van der Waals surface area contributed by atoms with Gasteiger partial charge in [0.2, 0.25) is 5.91 Å². The molecule has 1 saturated heterocycles. The molecular weight excluding hydrogens is 310 g/mol. The van der Waals surface area contributed by atoms with E-state index < -0.39 is 12.1 Å². The zero-order valence-electron chi connectivity index (χ0n) is 14.1. The summed E-state index contributed by atoms with van der Waals surface area (Å²) in [7, 11) is 0. The summed E-state index contributed by atoms with van der Waals surface area (Å²) in [5.74, 6) is 0.521. The Morgan fingerprint density at radius 2 is 2.08 bits per heavy atom. The Labute approximate surface area is 141 Å². The number of hydrogen-bond acceptors (Lipinski definition) is 5. The summed E-state index contributed by atoms with van der Waals surface area (Å²) in [5, 5.41) is 5.28. The van der Waals surface area contributed by atoms with Crippen molar-refractivity contribution >= 4 is 23.4 Å². The van der Waals surface area contributed by atoms with E-state index in [9.17, 15) is 9.59 Å². The average Bonchev–Trinajstić information content (AvgIpc) is 2.60. The van der Waals surface area contributed by atoms with Crippen molar-refractivity contribution < 1.29 is 14.3 Å². The molecule has 132 valence electrons. The number of amides is 3. The number of anilines is 2. The molecule has 0 aromatic carbocycles. The van der Waals surface area contributed by atoms with E-state index >= 15 is 0 Å². The molecular formula is C16H25N5O3. The van der Waals surface area contributed by atoms with Crippen LogP contribution in [-0.2, 0) is 9.53 Å². The van der Waals surface area contributed by atoms with Crippen LogP contribution in [-0.4, -0.2) is 49.3 Å². The molecule has 1 aliphatic rings. The fourth-order valence-corrected chi connectivity index (χ4v) is 2.51. The third-order valence-electron chi connectivity index (χ3n) is 4.14. The minimum Gasteiger partial charge on any atom is -0.378 e. The van der Waals surface area contributed by atoms with Crippen molar-refractivity contribution in [1.29, 1.82) is 0 Å². The Hall–Kier alpha value is -2.35. The molecule has 2 atom stereocenters. The van der Waals surface area contributed by atoms with Gasteiger partial charge in [0.15, 0.2) is 0 Å². The highest BCUT2D eigenvalue weighted by Gasteiger charge is 2.25. The summed E-state index contributed by atoms with van der Waals surface area (Å²) in [6.45, 7) is 6.83. The van der Waals surface area contributed by atoms with Crippen molar-refractivity contribution in [1.82, 2.24) is 10.3 Å². The highest BCUT2D eigenvalue weighted by atomic mass is 16.5. The standard InChI is InChI=1S/C16H25N5O3/c1-3-11(2)14(20-16(17)23)15(22)19-12-4-5-13(18-10-12)21-6-8-24-9-7-21/h4-5,10-11,14H,3,6-9H2,1-2H3,(H,19,22)(H3,17,20,23)/t11-,14+/m0/s1. The third kappa shape index (κ3) is 4.82. The molecule has 3 amide bonds. The number of nitrogens with zero attached hydrogens (tertiary/aromatic N) is 2. The molecule has 8 heteroatoms. The van der Waals surface area contributed by atoms with Gasteiger partial charge in [0, 0.05) is 13.1 Å². The minimum absolute atomic E-state index is 0.0296. The van der Waals surface area contributed by atoms with Gasteiger partial charge in [0.05, 0.1) is 25.1 Å². The van der Waals surface area contributed by atoms with Crippen LogP contribution in [0.3, 0.4) is 0 Å². The predicted octanol–water partition coefficient (Wildman–Crippen LogP) is 0.940. The van der Waals surface area contributed by atoms with E-state index in [0.717, 1.165) is 25.3 Å². The van der Waals surface area contributed by atoms with E-state index in [-0.39, 0.29) is 11.8 Å². The van der Waals surface area contributed by atoms with Gasteiger partial charge >= 0.3 is 6.03 Å². The maximum Gasteiger partial charge on any atom is 0.312 e. The lowest BCUT2D eigenvalue weighted by molar-refractivity contribution is -0.119. The molecule has 1 fully saturated rings. The monoisotopic (exact) mass is 335 g/mol. The molecule has 0 aliphatic carbocycles. The second kappa shape index (κ2) is 8.49. The van der Waals surface area contributed by atoms with E-state index in [1.54, 1.807) is 12.3 Å². The Morgan fingerprint density at radius 1 is 1.38 bits per heavy atom. The minimum atomic E-state index is -0.712. The van der Waals surface area contributed by atoms with Gasteiger partial charge in [-0.1, -0.05) is 20.3 Å². The average molecular weight is 335 g/mol. The second-order valence-electron chi connectivity index (χ2n) is 5.87. The predicted molar refractivity (Wildman–Crippen MR) is 91.9 cm³/mol.